The van der Waals surface area contributed by atoms with Crippen LogP contribution in [0.15, 0.2) is 65.1 Å². The van der Waals surface area contributed by atoms with Crippen molar-refractivity contribution in [2.75, 3.05) is 7.11 Å². The number of aryl methyl sites for hydroxylation is 1. The Hall–Kier alpha value is -4.24. The maximum absolute atomic E-state index is 13.1. The van der Waals surface area contributed by atoms with Crippen LogP contribution in [-0.2, 0) is 4.79 Å². The molecule has 35 heavy (non-hydrogen) atoms. The highest BCUT2D eigenvalue weighted by Gasteiger charge is 2.23. The lowest BCUT2D eigenvalue weighted by atomic mass is 10.0. The summed E-state index contributed by atoms with van der Waals surface area (Å²) in [6.45, 7) is 1.70. The van der Waals surface area contributed by atoms with Crippen LogP contribution in [0, 0.1) is 6.92 Å². The smallest absolute Gasteiger partial charge is 0.305 e. The van der Waals surface area contributed by atoms with E-state index < -0.39 is 17.9 Å². The molecule has 2 N–H and O–H groups in total. The Kier molecular flexibility index (Phi) is 7.07. The van der Waals surface area contributed by atoms with Crippen molar-refractivity contribution < 1.29 is 23.8 Å². The number of carboxylic acids is 1. The Morgan fingerprint density at radius 1 is 1.09 bits per heavy atom. The van der Waals surface area contributed by atoms with E-state index >= 15 is 0 Å². The fraction of sp³-hybridized carbons (Fsp3) is 0.160. The molecular weight excluding hydrogens is 472 g/mol. The zero-order valence-electron chi connectivity index (χ0n) is 18.9. The SMILES string of the molecule is COc1ccc(C(=O)N[C@@H](CC(=O)O)c2ccccc2Cl)nc1-c1cccc(-c2nnc(C)o2)c1. The normalized spacial score (nSPS) is 11.6. The van der Waals surface area contributed by atoms with Gasteiger partial charge in [0.25, 0.3) is 5.91 Å². The van der Waals surface area contributed by atoms with Crippen LogP contribution in [0.1, 0.15) is 34.4 Å². The summed E-state index contributed by atoms with van der Waals surface area (Å²) < 4.78 is 11.0. The standard InChI is InChI=1S/C25H21ClN4O5/c1-14-29-30-25(35-14)16-7-5-6-15(12-16)23-21(34-2)11-10-19(27-23)24(33)28-20(13-22(31)32)17-8-3-4-9-18(17)26/h3-12,20H,13H2,1-2H3,(H,28,33)(H,31,32)/t20-/m0/s1. The molecule has 1 atom stereocenters. The predicted octanol–water partition coefficient (Wildman–Crippen LogP) is 4.71. The number of nitrogens with one attached hydrogen (secondary N) is 1. The Morgan fingerprint density at radius 3 is 2.54 bits per heavy atom. The monoisotopic (exact) mass is 492 g/mol. The molecule has 2 aromatic heterocycles. The molecule has 2 aromatic carbocycles. The van der Waals surface area contributed by atoms with Crippen molar-refractivity contribution in [2.45, 2.75) is 19.4 Å². The number of rotatable bonds is 8. The fourth-order valence-electron chi connectivity index (χ4n) is 3.56. The summed E-state index contributed by atoms with van der Waals surface area (Å²) in [4.78, 5) is 29.1. The van der Waals surface area contributed by atoms with Gasteiger partial charge in [-0.2, -0.15) is 0 Å². The number of pyridine rings is 1. The van der Waals surface area contributed by atoms with E-state index in [0.717, 1.165) is 0 Å². The second kappa shape index (κ2) is 10.4. The summed E-state index contributed by atoms with van der Waals surface area (Å²) in [6.07, 6.45) is -0.343. The molecule has 0 aliphatic heterocycles. The minimum atomic E-state index is -1.08. The topological polar surface area (TPSA) is 127 Å². The van der Waals surface area contributed by atoms with E-state index in [1.54, 1.807) is 49.4 Å². The Morgan fingerprint density at radius 2 is 1.86 bits per heavy atom. The fourth-order valence-corrected chi connectivity index (χ4v) is 3.83. The molecule has 4 rings (SSSR count). The number of hydrogen-bond donors (Lipinski definition) is 2. The molecule has 0 fully saturated rings. The molecule has 0 unspecified atom stereocenters. The number of carboxylic acid groups (broad SMARTS) is 1. The molecule has 0 aliphatic carbocycles. The van der Waals surface area contributed by atoms with E-state index in [0.29, 0.717) is 44.9 Å². The zero-order chi connectivity index (χ0) is 24.9. The first-order chi connectivity index (χ1) is 16.9. The molecule has 0 saturated carbocycles. The van der Waals surface area contributed by atoms with Crippen LogP contribution in [0.3, 0.4) is 0 Å². The van der Waals surface area contributed by atoms with E-state index in [2.05, 4.69) is 20.5 Å². The van der Waals surface area contributed by atoms with E-state index in [1.165, 1.54) is 13.2 Å². The number of nitrogens with zero attached hydrogens (tertiary/aromatic N) is 3. The lowest BCUT2D eigenvalue weighted by molar-refractivity contribution is -0.137. The Balaban J connectivity index is 1.67. The highest BCUT2D eigenvalue weighted by molar-refractivity contribution is 6.31. The number of aliphatic carboxylic acids is 1. The third-order valence-electron chi connectivity index (χ3n) is 5.18. The summed E-state index contributed by atoms with van der Waals surface area (Å²) in [5.74, 6) is -0.383. The first-order valence-corrected chi connectivity index (χ1v) is 11.0. The summed E-state index contributed by atoms with van der Waals surface area (Å²) >= 11 is 6.25. The van der Waals surface area contributed by atoms with Crippen molar-refractivity contribution in [2.24, 2.45) is 0 Å². The van der Waals surface area contributed by atoms with Crippen molar-refractivity contribution in [1.29, 1.82) is 0 Å². The van der Waals surface area contributed by atoms with Crippen LogP contribution in [0.5, 0.6) is 5.75 Å². The molecule has 0 spiro atoms. The molecule has 4 aromatic rings. The third kappa shape index (κ3) is 5.47. The molecule has 1 amide bonds. The van der Waals surface area contributed by atoms with Gasteiger partial charge in [0.05, 0.1) is 19.6 Å². The van der Waals surface area contributed by atoms with Crippen LogP contribution in [0.25, 0.3) is 22.7 Å². The van der Waals surface area contributed by atoms with Gasteiger partial charge in [-0.25, -0.2) is 4.98 Å². The first-order valence-electron chi connectivity index (χ1n) is 10.6. The maximum Gasteiger partial charge on any atom is 0.305 e. The van der Waals surface area contributed by atoms with Gasteiger partial charge in [0.15, 0.2) is 0 Å². The number of aromatic nitrogens is 3. The average Bonchev–Trinajstić information content (AvgIpc) is 3.29. The van der Waals surface area contributed by atoms with Gasteiger partial charge in [-0.05, 0) is 35.9 Å². The van der Waals surface area contributed by atoms with Gasteiger partial charge in [0.1, 0.15) is 17.1 Å². The number of halogens is 1. The molecule has 2 heterocycles. The number of carbonyl (C=O) groups excluding carboxylic acids is 1. The number of benzene rings is 2. The highest BCUT2D eigenvalue weighted by atomic mass is 35.5. The second-order valence-electron chi connectivity index (χ2n) is 7.60. The number of hydrogen-bond acceptors (Lipinski definition) is 7. The van der Waals surface area contributed by atoms with Crippen LogP contribution in [0.2, 0.25) is 5.02 Å². The van der Waals surface area contributed by atoms with Gasteiger partial charge in [-0.3, -0.25) is 9.59 Å². The number of amides is 1. The van der Waals surface area contributed by atoms with Crippen LogP contribution in [0.4, 0.5) is 0 Å². The van der Waals surface area contributed by atoms with Crippen LogP contribution in [-0.4, -0.2) is 39.3 Å². The van der Waals surface area contributed by atoms with Crippen molar-refractivity contribution >= 4 is 23.5 Å². The van der Waals surface area contributed by atoms with Gasteiger partial charge in [-0.15, -0.1) is 10.2 Å². The van der Waals surface area contributed by atoms with E-state index in [4.69, 9.17) is 20.8 Å². The number of ether oxygens (including phenoxy) is 1. The van der Waals surface area contributed by atoms with Gasteiger partial charge in [0.2, 0.25) is 11.8 Å². The van der Waals surface area contributed by atoms with E-state index in [9.17, 15) is 14.7 Å². The highest BCUT2D eigenvalue weighted by Crippen LogP contribution is 2.31. The number of carbonyl (C=O) groups is 2. The number of methoxy groups -OCH3 is 1. The molecule has 0 radical (unpaired) electrons. The zero-order valence-corrected chi connectivity index (χ0v) is 19.6. The van der Waals surface area contributed by atoms with Crippen LogP contribution < -0.4 is 10.1 Å². The quantitative estimate of drug-likeness (QED) is 0.362. The molecule has 0 saturated heterocycles. The maximum atomic E-state index is 13.1. The summed E-state index contributed by atoms with van der Waals surface area (Å²) in [6, 6.07) is 16.3. The van der Waals surface area contributed by atoms with Crippen molar-refractivity contribution in [3.63, 3.8) is 0 Å². The predicted molar refractivity (Wildman–Crippen MR) is 128 cm³/mol. The van der Waals surface area contributed by atoms with Crippen LogP contribution >= 0.6 is 11.6 Å². The van der Waals surface area contributed by atoms with Gasteiger partial charge >= 0.3 is 5.97 Å². The lowest BCUT2D eigenvalue weighted by Crippen LogP contribution is -2.31. The molecule has 0 bridgehead atoms. The summed E-state index contributed by atoms with van der Waals surface area (Å²) in [5.41, 5.74) is 2.36. The second-order valence-corrected chi connectivity index (χ2v) is 8.01. The van der Waals surface area contributed by atoms with Gasteiger partial charge in [-0.1, -0.05) is 41.9 Å². The molecule has 178 valence electrons. The van der Waals surface area contributed by atoms with E-state index in [-0.39, 0.29) is 12.1 Å². The van der Waals surface area contributed by atoms with Gasteiger partial charge in [0, 0.05) is 23.1 Å². The third-order valence-corrected chi connectivity index (χ3v) is 5.53. The first kappa shape index (κ1) is 23.9. The summed E-state index contributed by atoms with van der Waals surface area (Å²) in [7, 11) is 1.51. The van der Waals surface area contributed by atoms with Crippen molar-refractivity contribution in [3.05, 3.63) is 82.8 Å². The minimum Gasteiger partial charge on any atom is -0.494 e. The lowest BCUT2D eigenvalue weighted by Gasteiger charge is -2.19. The Bertz CT molecular complexity index is 1390. The van der Waals surface area contributed by atoms with Crippen molar-refractivity contribution in [1.82, 2.24) is 20.5 Å². The summed E-state index contributed by atoms with van der Waals surface area (Å²) in [5, 5.41) is 20.3. The van der Waals surface area contributed by atoms with Gasteiger partial charge < -0.3 is 19.6 Å². The van der Waals surface area contributed by atoms with Crippen molar-refractivity contribution in [3.8, 4) is 28.5 Å². The molecule has 10 heteroatoms. The molecule has 0 aliphatic rings. The molecule has 9 nitrogen and oxygen atoms in total. The van der Waals surface area contributed by atoms with E-state index in [1.807, 2.05) is 12.1 Å². The average molecular weight is 493 g/mol. The Labute approximate surface area is 205 Å². The minimum absolute atomic E-state index is 0.0854. The molecular formula is C25H21ClN4O5. The largest absolute Gasteiger partial charge is 0.494 e.